The smallest absolute Gasteiger partial charge is 0.0931 e. The summed E-state index contributed by atoms with van der Waals surface area (Å²) in [6, 6.07) is 11.8. The average molecular weight is 290 g/mol. The molecule has 2 aromatic heterocycles. The fourth-order valence-electron chi connectivity index (χ4n) is 2.17. The van der Waals surface area contributed by atoms with Crippen molar-refractivity contribution in [3.63, 3.8) is 0 Å². The molecule has 0 radical (unpaired) electrons. The van der Waals surface area contributed by atoms with Crippen LogP contribution in [-0.2, 0) is 6.42 Å². The number of rotatable bonds is 3. The lowest BCUT2D eigenvalue weighted by Crippen LogP contribution is -2.02. The van der Waals surface area contributed by atoms with Crippen LogP contribution in [-0.4, -0.2) is 10.1 Å². The number of aliphatic hydroxyl groups is 1. The molecule has 0 fully saturated rings. The number of pyridine rings is 1. The number of fused-ring (bicyclic) bond motifs is 1. The van der Waals surface area contributed by atoms with Crippen molar-refractivity contribution in [2.24, 2.45) is 0 Å². The molecular formula is C15H12ClNOS. The molecule has 4 heteroatoms. The Kier molecular flexibility index (Phi) is 3.51. The van der Waals surface area contributed by atoms with E-state index in [0.717, 1.165) is 25.5 Å². The van der Waals surface area contributed by atoms with E-state index in [1.165, 1.54) is 11.3 Å². The van der Waals surface area contributed by atoms with Crippen LogP contribution in [0.3, 0.4) is 0 Å². The molecule has 19 heavy (non-hydrogen) atoms. The van der Waals surface area contributed by atoms with Crippen LogP contribution in [0.25, 0.3) is 10.8 Å². The van der Waals surface area contributed by atoms with Crippen LogP contribution in [0.1, 0.15) is 16.5 Å². The summed E-state index contributed by atoms with van der Waals surface area (Å²) >= 11 is 7.41. The summed E-state index contributed by atoms with van der Waals surface area (Å²) in [5.41, 5.74) is 0.864. The molecule has 3 rings (SSSR count). The molecule has 2 nitrogen and oxygen atoms in total. The second kappa shape index (κ2) is 5.29. The summed E-state index contributed by atoms with van der Waals surface area (Å²) in [7, 11) is 0. The summed E-state index contributed by atoms with van der Waals surface area (Å²) in [5.74, 6) is 0. The Bertz CT molecular complexity index is 705. The molecule has 0 amide bonds. The number of aliphatic hydroxyl groups excluding tert-OH is 1. The van der Waals surface area contributed by atoms with Gasteiger partial charge in [0.25, 0.3) is 0 Å². The Labute approximate surface area is 120 Å². The first-order valence-corrected chi connectivity index (χ1v) is 7.18. The van der Waals surface area contributed by atoms with Crippen LogP contribution in [0.5, 0.6) is 0 Å². The molecule has 1 atom stereocenters. The van der Waals surface area contributed by atoms with Gasteiger partial charge in [-0.15, -0.1) is 11.3 Å². The molecule has 0 spiro atoms. The number of hydrogen-bond acceptors (Lipinski definition) is 3. The lowest BCUT2D eigenvalue weighted by molar-refractivity contribution is 0.180. The Morgan fingerprint density at radius 1 is 1.16 bits per heavy atom. The zero-order valence-corrected chi connectivity index (χ0v) is 11.7. The van der Waals surface area contributed by atoms with Crippen LogP contribution < -0.4 is 0 Å². The third-order valence-corrected chi connectivity index (χ3v) is 4.33. The van der Waals surface area contributed by atoms with Crippen LogP contribution in [0, 0.1) is 0 Å². The highest BCUT2D eigenvalue weighted by molar-refractivity contribution is 7.16. The number of halogens is 1. The molecule has 2 heterocycles. The Morgan fingerprint density at radius 2 is 2.00 bits per heavy atom. The minimum Gasteiger partial charge on any atom is -0.388 e. The molecule has 1 unspecified atom stereocenters. The highest BCUT2D eigenvalue weighted by Gasteiger charge is 2.13. The molecular weight excluding hydrogens is 278 g/mol. The summed E-state index contributed by atoms with van der Waals surface area (Å²) in [6.45, 7) is 0. The van der Waals surface area contributed by atoms with Gasteiger partial charge in [-0.25, -0.2) is 0 Å². The molecule has 0 aliphatic heterocycles. The predicted octanol–water partition coefficient (Wildman–Crippen LogP) is 4.23. The van der Waals surface area contributed by atoms with Crippen molar-refractivity contribution >= 4 is 33.7 Å². The first-order valence-electron chi connectivity index (χ1n) is 5.99. The van der Waals surface area contributed by atoms with Gasteiger partial charge in [0.1, 0.15) is 0 Å². The average Bonchev–Trinajstić information content (AvgIpc) is 2.83. The van der Waals surface area contributed by atoms with Crippen molar-refractivity contribution in [3.8, 4) is 0 Å². The molecule has 1 N–H and O–H groups in total. The van der Waals surface area contributed by atoms with Crippen LogP contribution in [0.2, 0.25) is 4.34 Å². The van der Waals surface area contributed by atoms with Gasteiger partial charge >= 0.3 is 0 Å². The second-order valence-corrected chi connectivity index (χ2v) is 6.18. The van der Waals surface area contributed by atoms with Crippen molar-refractivity contribution in [2.45, 2.75) is 12.5 Å². The van der Waals surface area contributed by atoms with Gasteiger partial charge in [-0.2, -0.15) is 0 Å². The normalized spacial score (nSPS) is 12.7. The quantitative estimate of drug-likeness (QED) is 0.783. The van der Waals surface area contributed by atoms with E-state index in [-0.39, 0.29) is 0 Å². The van der Waals surface area contributed by atoms with Crippen LogP contribution in [0.15, 0.2) is 48.8 Å². The van der Waals surface area contributed by atoms with Crippen molar-refractivity contribution in [3.05, 3.63) is 63.6 Å². The molecule has 0 saturated heterocycles. The van der Waals surface area contributed by atoms with Crippen LogP contribution in [0.4, 0.5) is 0 Å². The fourth-order valence-corrected chi connectivity index (χ4v) is 3.29. The molecule has 3 aromatic rings. The standard InChI is InChI=1S/C15H12ClNOS/c16-15-6-5-11(19-15)7-14(18)13-9-17-8-10-3-1-2-4-12(10)13/h1-6,8-9,14,18H,7H2. The van der Waals surface area contributed by atoms with Crippen molar-refractivity contribution in [1.82, 2.24) is 4.98 Å². The molecule has 0 saturated carbocycles. The Morgan fingerprint density at radius 3 is 2.79 bits per heavy atom. The summed E-state index contributed by atoms with van der Waals surface area (Å²) < 4.78 is 0.748. The zero-order valence-electron chi connectivity index (χ0n) is 10.1. The summed E-state index contributed by atoms with van der Waals surface area (Å²) in [5, 5.41) is 12.5. The van der Waals surface area contributed by atoms with Crippen molar-refractivity contribution in [2.75, 3.05) is 0 Å². The largest absolute Gasteiger partial charge is 0.388 e. The number of thiophene rings is 1. The van der Waals surface area contributed by atoms with E-state index in [4.69, 9.17) is 11.6 Å². The molecule has 1 aromatic carbocycles. The molecule has 0 bridgehead atoms. The summed E-state index contributed by atoms with van der Waals surface area (Å²) in [6.07, 6.45) is 3.55. The lowest BCUT2D eigenvalue weighted by Gasteiger charge is -2.12. The Hall–Kier alpha value is -1.42. The zero-order chi connectivity index (χ0) is 13.2. The number of benzene rings is 1. The highest BCUT2D eigenvalue weighted by atomic mass is 35.5. The molecule has 0 aliphatic rings. The van der Waals surface area contributed by atoms with E-state index in [2.05, 4.69) is 4.98 Å². The molecule has 0 aliphatic carbocycles. The van der Waals surface area contributed by atoms with Gasteiger partial charge in [-0.05, 0) is 17.5 Å². The minimum atomic E-state index is -0.562. The van der Waals surface area contributed by atoms with Gasteiger partial charge in [0.2, 0.25) is 0 Å². The van der Waals surface area contributed by atoms with E-state index < -0.39 is 6.10 Å². The predicted molar refractivity (Wildman–Crippen MR) is 79.7 cm³/mol. The van der Waals surface area contributed by atoms with Gasteiger partial charge in [0, 0.05) is 34.6 Å². The van der Waals surface area contributed by atoms with Gasteiger partial charge in [0.15, 0.2) is 0 Å². The second-order valence-electron chi connectivity index (χ2n) is 4.38. The minimum absolute atomic E-state index is 0.562. The van der Waals surface area contributed by atoms with E-state index in [1.807, 2.05) is 42.6 Å². The third-order valence-electron chi connectivity index (χ3n) is 3.08. The van der Waals surface area contributed by atoms with Gasteiger partial charge in [0.05, 0.1) is 10.4 Å². The van der Waals surface area contributed by atoms with Crippen molar-refractivity contribution < 1.29 is 5.11 Å². The van der Waals surface area contributed by atoms with E-state index in [1.54, 1.807) is 6.20 Å². The molecule has 96 valence electrons. The van der Waals surface area contributed by atoms with E-state index in [9.17, 15) is 5.11 Å². The van der Waals surface area contributed by atoms with Gasteiger partial charge < -0.3 is 5.11 Å². The fraction of sp³-hybridized carbons (Fsp3) is 0.133. The topological polar surface area (TPSA) is 33.1 Å². The monoisotopic (exact) mass is 289 g/mol. The van der Waals surface area contributed by atoms with Crippen molar-refractivity contribution in [1.29, 1.82) is 0 Å². The lowest BCUT2D eigenvalue weighted by atomic mass is 10.0. The highest BCUT2D eigenvalue weighted by Crippen LogP contribution is 2.29. The maximum atomic E-state index is 10.4. The maximum absolute atomic E-state index is 10.4. The third kappa shape index (κ3) is 2.63. The van der Waals surface area contributed by atoms with Crippen LogP contribution >= 0.6 is 22.9 Å². The first-order chi connectivity index (χ1) is 9.24. The SMILES string of the molecule is OC(Cc1ccc(Cl)s1)c1cncc2ccccc12. The Balaban J connectivity index is 1.95. The number of aromatic nitrogens is 1. The van der Waals surface area contributed by atoms with Gasteiger partial charge in [-0.1, -0.05) is 35.9 Å². The summed E-state index contributed by atoms with van der Waals surface area (Å²) in [4.78, 5) is 5.27. The van der Waals surface area contributed by atoms with E-state index >= 15 is 0 Å². The maximum Gasteiger partial charge on any atom is 0.0931 e. The number of nitrogens with zero attached hydrogens (tertiary/aromatic N) is 1. The van der Waals surface area contributed by atoms with Gasteiger partial charge in [-0.3, -0.25) is 4.98 Å². The first kappa shape index (κ1) is 12.6. The van der Waals surface area contributed by atoms with E-state index in [0.29, 0.717) is 6.42 Å². The number of hydrogen-bond donors (Lipinski definition) is 1.